The molecule has 0 aliphatic carbocycles. The summed E-state index contributed by atoms with van der Waals surface area (Å²) in [4.78, 5) is 6.33. The number of hydrogen-bond acceptors (Lipinski definition) is 3. The normalized spacial score (nSPS) is 18.9. The highest BCUT2D eigenvalue weighted by Gasteiger charge is 2.14. The van der Waals surface area contributed by atoms with Crippen molar-refractivity contribution in [2.24, 2.45) is 4.99 Å². The second-order valence-corrected chi connectivity index (χ2v) is 4.04. The summed E-state index contributed by atoms with van der Waals surface area (Å²) < 4.78 is 5.07. The van der Waals surface area contributed by atoms with E-state index >= 15 is 0 Å². The van der Waals surface area contributed by atoms with Crippen molar-refractivity contribution in [2.45, 2.75) is 6.04 Å². The molecular formula is C11H13ClN2O. The van der Waals surface area contributed by atoms with Crippen LogP contribution < -0.4 is 4.90 Å². The molecule has 80 valence electrons. The number of anilines is 1. The molecule has 0 radical (unpaired) electrons. The molecule has 0 spiro atoms. The van der Waals surface area contributed by atoms with Crippen molar-refractivity contribution in [1.82, 2.24) is 0 Å². The lowest BCUT2D eigenvalue weighted by atomic mass is 10.2. The van der Waals surface area contributed by atoms with E-state index in [1.165, 1.54) is 6.40 Å². The van der Waals surface area contributed by atoms with E-state index in [0.29, 0.717) is 6.61 Å². The molecule has 0 saturated carbocycles. The van der Waals surface area contributed by atoms with Crippen molar-refractivity contribution >= 4 is 23.7 Å². The Morgan fingerprint density at radius 3 is 3.13 bits per heavy atom. The summed E-state index contributed by atoms with van der Waals surface area (Å²) in [6.07, 6.45) is 1.52. The average molecular weight is 225 g/mol. The summed E-state index contributed by atoms with van der Waals surface area (Å²) in [5, 5.41) is 0.755. The van der Waals surface area contributed by atoms with E-state index in [1.54, 1.807) is 0 Å². The van der Waals surface area contributed by atoms with Gasteiger partial charge < -0.3 is 9.64 Å². The fourth-order valence-corrected chi connectivity index (χ4v) is 1.75. The minimum absolute atomic E-state index is 0.231. The van der Waals surface area contributed by atoms with E-state index in [9.17, 15) is 0 Å². The Bertz CT molecular complexity index is 367. The fraction of sp³-hybridized carbons (Fsp3) is 0.364. The lowest BCUT2D eigenvalue weighted by Crippen LogP contribution is -2.28. The van der Waals surface area contributed by atoms with Crippen LogP contribution in [0.2, 0.25) is 5.02 Å². The first-order valence-electron chi connectivity index (χ1n) is 4.85. The summed E-state index contributed by atoms with van der Waals surface area (Å²) in [6.45, 7) is 1.52. The summed E-state index contributed by atoms with van der Waals surface area (Å²) in [7, 11) is 2.03. The van der Waals surface area contributed by atoms with Crippen LogP contribution in [0.3, 0.4) is 0 Å². The second-order valence-electron chi connectivity index (χ2n) is 3.60. The predicted octanol–water partition coefficient (Wildman–Crippen LogP) is 2.20. The molecule has 0 N–H and O–H groups in total. The maximum atomic E-state index is 5.92. The molecule has 1 aromatic rings. The highest BCUT2D eigenvalue weighted by Crippen LogP contribution is 2.19. The monoisotopic (exact) mass is 224 g/mol. The standard InChI is InChI=1S/C11H13ClN2O/c1-14(6-10-7-15-8-13-10)11-4-2-3-9(12)5-11/h2-5,8,10H,6-7H2,1H3. The van der Waals surface area contributed by atoms with E-state index in [-0.39, 0.29) is 6.04 Å². The molecule has 15 heavy (non-hydrogen) atoms. The zero-order valence-electron chi connectivity index (χ0n) is 8.56. The third-order valence-electron chi connectivity index (χ3n) is 2.37. The number of halogens is 1. The quantitative estimate of drug-likeness (QED) is 0.787. The van der Waals surface area contributed by atoms with Crippen molar-refractivity contribution in [3.05, 3.63) is 29.3 Å². The maximum absolute atomic E-state index is 5.92. The van der Waals surface area contributed by atoms with Crippen LogP contribution in [0, 0.1) is 0 Å². The topological polar surface area (TPSA) is 24.8 Å². The summed E-state index contributed by atoms with van der Waals surface area (Å²) in [5.41, 5.74) is 1.10. The molecule has 4 heteroatoms. The largest absolute Gasteiger partial charge is 0.481 e. The Kier molecular flexibility index (Phi) is 3.11. The van der Waals surface area contributed by atoms with Crippen LogP contribution in [0.4, 0.5) is 5.69 Å². The molecule has 1 unspecified atom stereocenters. The molecule has 1 heterocycles. The maximum Gasteiger partial charge on any atom is 0.169 e. The Morgan fingerprint density at radius 1 is 1.60 bits per heavy atom. The highest BCUT2D eigenvalue weighted by molar-refractivity contribution is 6.30. The molecule has 1 aliphatic heterocycles. The second kappa shape index (κ2) is 4.53. The van der Waals surface area contributed by atoms with E-state index < -0.39 is 0 Å². The third kappa shape index (κ3) is 2.63. The fourth-order valence-electron chi connectivity index (χ4n) is 1.56. The number of rotatable bonds is 3. The number of nitrogens with zero attached hydrogens (tertiary/aromatic N) is 2. The summed E-state index contributed by atoms with van der Waals surface area (Å²) in [5.74, 6) is 0. The highest BCUT2D eigenvalue weighted by atomic mass is 35.5. The van der Waals surface area contributed by atoms with Crippen molar-refractivity contribution in [1.29, 1.82) is 0 Å². The van der Waals surface area contributed by atoms with Crippen molar-refractivity contribution in [2.75, 3.05) is 25.1 Å². The van der Waals surface area contributed by atoms with Gasteiger partial charge in [-0.15, -0.1) is 0 Å². The van der Waals surface area contributed by atoms with Gasteiger partial charge in [-0.1, -0.05) is 17.7 Å². The number of aliphatic imine (C=N–C) groups is 1. The molecule has 0 aromatic heterocycles. The molecule has 1 atom stereocenters. The van der Waals surface area contributed by atoms with Crippen molar-refractivity contribution in [3.63, 3.8) is 0 Å². The molecule has 0 bridgehead atoms. The van der Waals surface area contributed by atoms with Gasteiger partial charge in [0, 0.05) is 24.3 Å². The van der Waals surface area contributed by atoms with Crippen LogP contribution in [0.1, 0.15) is 0 Å². The smallest absolute Gasteiger partial charge is 0.169 e. The SMILES string of the molecule is CN(CC1COC=N1)c1cccc(Cl)c1. The Labute approximate surface area is 94.3 Å². The van der Waals surface area contributed by atoms with Gasteiger partial charge in [-0.25, -0.2) is 4.99 Å². The van der Waals surface area contributed by atoms with Crippen LogP contribution in [0.25, 0.3) is 0 Å². The molecule has 0 saturated heterocycles. The van der Waals surface area contributed by atoms with Gasteiger partial charge in [0.05, 0.1) is 0 Å². The van der Waals surface area contributed by atoms with Gasteiger partial charge in [0.25, 0.3) is 0 Å². The van der Waals surface area contributed by atoms with E-state index in [2.05, 4.69) is 9.89 Å². The van der Waals surface area contributed by atoms with Crippen LogP contribution in [0.5, 0.6) is 0 Å². The summed E-state index contributed by atoms with van der Waals surface area (Å²) in [6, 6.07) is 8.03. The number of likely N-dealkylation sites (N-methyl/N-ethyl adjacent to an activating group) is 1. The Hall–Kier alpha value is -1.22. The van der Waals surface area contributed by atoms with E-state index in [1.807, 2.05) is 31.3 Å². The van der Waals surface area contributed by atoms with Crippen molar-refractivity contribution < 1.29 is 4.74 Å². The van der Waals surface area contributed by atoms with Crippen LogP contribution in [-0.2, 0) is 4.74 Å². The number of ether oxygens (including phenoxy) is 1. The van der Waals surface area contributed by atoms with Gasteiger partial charge in [0.1, 0.15) is 12.6 Å². The average Bonchev–Trinajstić information content (AvgIpc) is 2.70. The van der Waals surface area contributed by atoms with Crippen molar-refractivity contribution in [3.8, 4) is 0 Å². The minimum Gasteiger partial charge on any atom is -0.481 e. The van der Waals surface area contributed by atoms with E-state index in [0.717, 1.165) is 17.3 Å². The van der Waals surface area contributed by atoms with Gasteiger partial charge in [-0.2, -0.15) is 0 Å². The first-order chi connectivity index (χ1) is 7.25. The molecule has 3 nitrogen and oxygen atoms in total. The van der Waals surface area contributed by atoms with Gasteiger partial charge in [-0.3, -0.25) is 0 Å². The Balaban J connectivity index is 2.00. The zero-order valence-corrected chi connectivity index (χ0v) is 9.31. The van der Waals surface area contributed by atoms with E-state index in [4.69, 9.17) is 16.3 Å². The van der Waals surface area contributed by atoms with Crippen LogP contribution in [-0.4, -0.2) is 32.6 Å². The first-order valence-corrected chi connectivity index (χ1v) is 5.23. The third-order valence-corrected chi connectivity index (χ3v) is 2.60. The summed E-state index contributed by atoms with van der Waals surface area (Å²) >= 11 is 5.92. The molecule has 0 fully saturated rings. The predicted molar refractivity (Wildman–Crippen MR) is 63.0 cm³/mol. The molecule has 1 aliphatic rings. The first kappa shape index (κ1) is 10.3. The lowest BCUT2D eigenvalue weighted by molar-refractivity contribution is 0.329. The zero-order chi connectivity index (χ0) is 10.7. The van der Waals surface area contributed by atoms with Gasteiger partial charge in [0.15, 0.2) is 6.40 Å². The minimum atomic E-state index is 0.231. The molecule has 0 amide bonds. The van der Waals surface area contributed by atoms with Gasteiger partial charge in [-0.05, 0) is 18.2 Å². The molecule has 2 rings (SSSR count). The lowest BCUT2D eigenvalue weighted by Gasteiger charge is -2.21. The number of benzene rings is 1. The van der Waals surface area contributed by atoms with Crippen LogP contribution in [0.15, 0.2) is 29.3 Å². The molecule has 1 aromatic carbocycles. The van der Waals surface area contributed by atoms with Crippen LogP contribution >= 0.6 is 11.6 Å². The molecular weight excluding hydrogens is 212 g/mol. The van der Waals surface area contributed by atoms with Gasteiger partial charge >= 0.3 is 0 Å². The van der Waals surface area contributed by atoms with Gasteiger partial charge in [0.2, 0.25) is 0 Å². The number of hydrogen-bond donors (Lipinski definition) is 0. The Morgan fingerprint density at radius 2 is 2.47 bits per heavy atom.